The summed E-state index contributed by atoms with van der Waals surface area (Å²) in [6.45, 7) is 13.6. The Morgan fingerprint density at radius 2 is 1.46 bits per heavy atom. The van der Waals surface area contributed by atoms with Crippen LogP contribution < -0.4 is 5.32 Å². The summed E-state index contributed by atoms with van der Waals surface area (Å²) in [6.07, 6.45) is 4.66. The average Bonchev–Trinajstić information content (AvgIpc) is 3.16. The minimum Gasteiger partial charge on any atom is -0.449 e. The molecule has 35 heavy (non-hydrogen) atoms. The van der Waals surface area contributed by atoms with Crippen LogP contribution in [0, 0.1) is 23.7 Å². The predicted molar refractivity (Wildman–Crippen MR) is 148 cm³/mol. The Morgan fingerprint density at radius 1 is 0.886 bits per heavy atom. The fourth-order valence-electron chi connectivity index (χ4n) is 5.54. The predicted octanol–water partition coefficient (Wildman–Crippen LogP) is 8.82. The average molecular weight is 480 g/mol. The van der Waals surface area contributed by atoms with Gasteiger partial charge in [-0.25, -0.2) is 4.79 Å². The van der Waals surface area contributed by atoms with E-state index in [1.807, 2.05) is 0 Å². The van der Waals surface area contributed by atoms with E-state index in [2.05, 4.69) is 95.4 Å². The van der Waals surface area contributed by atoms with Gasteiger partial charge in [-0.1, -0.05) is 109 Å². The van der Waals surface area contributed by atoms with Gasteiger partial charge >= 0.3 is 6.09 Å². The Balaban J connectivity index is 1.63. The number of ether oxygens (including phenoxy) is 1. The van der Waals surface area contributed by atoms with Crippen LogP contribution in [-0.4, -0.2) is 18.7 Å². The highest BCUT2D eigenvalue weighted by Crippen LogP contribution is 2.44. The van der Waals surface area contributed by atoms with Crippen molar-refractivity contribution >= 4 is 6.09 Å². The van der Waals surface area contributed by atoms with E-state index >= 15 is 0 Å². The second kappa shape index (κ2) is 13.1. The fourth-order valence-corrected chi connectivity index (χ4v) is 5.54. The van der Waals surface area contributed by atoms with Gasteiger partial charge < -0.3 is 10.1 Å². The van der Waals surface area contributed by atoms with Crippen molar-refractivity contribution in [1.29, 1.82) is 0 Å². The van der Waals surface area contributed by atoms with Crippen molar-refractivity contribution in [2.75, 3.05) is 6.61 Å². The summed E-state index contributed by atoms with van der Waals surface area (Å²) in [5.74, 6) is 2.02. The number of alkyl carbamates (subject to hydrolysis) is 1. The van der Waals surface area contributed by atoms with Crippen LogP contribution in [-0.2, 0) is 4.74 Å². The van der Waals surface area contributed by atoms with E-state index in [1.54, 1.807) is 0 Å². The minimum atomic E-state index is -0.323. The number of carbonyl (C=O) groups excluding carboxylic acids is 1. The molecule has 0 saturated heterocycles. The van der Waals surface area contributed by atoms with E-state index in [4.69, 9.17) is 6.11 Å². The summed E-state index contributed by atoms with van der Waals surface area (Å²) in [5.41, 5.74) is 4.94. The van der Waals surface area contributed by atoms with Gasteiger partial charge in [0, 0.05) is 13.3 Å². The van der Waals surface area contributed by atoms with Crippen LogP contribution in [0.2, 0.25) is 0 Å². The molecule has 3 rings (SSSR count). The molecular weight excluding hydrogens is 430 g/mol. The quantitative estimate of drug-likeness (QED) is 0.312. The summed E-state index contributed by atoms with van der Waals surface area (Å²) >= 11 is 0. The second-order valence-electron chi connectivity index (χ2n) is 11.3. The molecule has 2 aromatic carbocycles. The molecule has 1 N–H and O–H groups in total. The van der Waals surface area contributed by atoms with Crippen LogP contribution >= 0.6 is 0 Å². The molecule has 0 bridgehead atoms. The van der Waals surface area contributed by atoms with Gasteiger partial charge in [-0.15, -0.1) is 0 Å². The molecule has 0 aliphatic heterocycles. The Labute approximate surface area is 215 Å². The topological polar surface area (TPSA) is 38.3 Å². The number of benzene rings is 2. The standard InChI is InChI=1S/C32H47NO2/c1-7-23(4)18-25(6)20-26(19-24(5)17-16-22(2)3)33-32(34)35-21-31-29-14-10-8-12-27(29)28-13-9-11-15-30(28)31/h8-15,22-26,31H,7,16-21H2,1-6H3,(H,33,34)/i16T. The zero-order valence-electron chi connectivity index (χ0n) is 23.7. The number of hydrogen-bond acceptors (Lipinski definition) is 2. The van der Waals surface area contributed by atoms with Gasteiger partial charge in [-0.05, 0) is 65.2 Å². The normalized spacial score (nSPS) is 17.6. The van der Waals surface area contributed by atoms with Gasteiger partial charge in [0.15, 0.2) is 0 Å². The van der Waals surface area contributed by atoms with Crippen molar-refractivity contribution in [1.82, 2.24) is 5.32 Å². The fraction of sp³-hybridized carbons (Fsp3) is 0.594. The third kappa shape index (κ3) is 7.85. The molecule has 3 nitrogen and oxygen atoms in total. The van der Waals surface area contributed by atoms with E-state index in [-0.39, 0.29) is 24.4 Å². The van der Waals surface area contributed by atoms with E-state index in [1.165, 1.54) is 35.1 Å². The molecule has 0 saturated carbocycles. The van der Waals surface area contributed by atoms with Gasteiger partial charge in [0.25, 0.3) is 0 Å². The maximum absolute atomic E-state index is 13.0. The van der Waals surface area contributed by atoms with Crippen LogP contribution in [0.4, 0.5) is 4.79 Å². The third-order valence-electron chi connectivity index (χ3n) is 7.55. The van der Waals surface area contributed by atoms with Crippen LogP contribution in [0.25, 0.3) is 11.1 Å². The Bertz CT molecular complexity index is 929. The number of rotatable bonds is 13. The van der Waals surface area contributed by atoms with Crippen LogP contribution in [0.5, 0.6) is 0 Å². The largest absolute Gasteiger partial charge is 0.449 e. The minimum absolute atomic E-state index is 0.0624. The molecule has 192 valence electrons. The van der Waals surface area contributed by atoms with E-state index in [9.17, 15) is 4.79 Å². The van der Waals surface area contributed by atoms with Gasteiger partial charge in [-0.3, -0.25) is 0 Å². The summed E-state index contributed by atoms with van der Waals surface area (Å²) in [7, 11) is 0. The van der Waals surface area contributed by atoms with E-state index in [0.29, 0.717) is 30.3 Å². The monoisotopic (exact) mass is 479 g/mol. The van der Waals surface area contributed by atoms with Gasteiger partial charge in [0.2, 0.25) is 0 Å². The second-order valence-corrected chi connectivity index (χ2v) is 11.3. The third-order valence-corrected chi connectivity index (χ3v) is 7.55. The summed E-state index contributed by atoms with van der Waals surface area (Å²) in [4.78, 5) is 13.0. The maximum atomic E-state index is 13.0. The van der Waals surface area contributed by atoms with Gasteiger partial charge in [-0.2, -0.15) is 0 Å². The van der Waals surface area contributed by atoms with Gasteiger partial charge in [0.05, 0.1) is 0 Å². The molecule has 2 aromatic rings. The lowest BCUT2D eigenvalue weighted by Crippen LogP contribution is -2.38. The number of fused-ring (bicyclic) bond motifs is 3. The maximum Gasteiger partial charge on any atom is 0.407 e. The Morgan fingerprint density at radius 3 is 2.03 bits per heavy atom. The number of nitrogens with one attached hydrogen (secondary N) is 1. The zero-order valence-corrected chi connectivity index (χ0v) is 22.7. The first kappa shape index (κ1) is 25.8. The van der Waals surface area contributed by atoms with Crippen molar-refractivity contribution in [3.8, 4) is 11.1 Å². The van der Waals surface area contributed by atoms with Gasteiger partial charge in [0.1, 0.15) is 6.61 Å². The zero-order chi connectivity index (χ0) is 26.2. The molecule has 5 unspecified atom stereocenters. The van der Waals surface area contributed by atoms with Crippen LogP contribution in [0.1, 0.15) is 98.5 Å². The number of hydrogen-bond donors (Lipinski definition) is 1. The lowest BCUT2D eigenvalue weighted by Gasteiger charge is -2.26. The summed E-state index contributed by atoms with van der Waals surface area (Å²) < 4.78 is 14.2. The molecule has 3 heteroatoms. The number of amides is 1. The first-order chi connectivity index (χ1) is 17.2. The molecule has 0 spiro atoms. The van der Waals surface area contributed by atoms with Crippen LogP contribution in [0.15, 0.2) is 48.5 Å². The lowest BCUT2D eigenvalue weighted by molar-refractivity contribution is 0.135. The molecule has 1 amide bonds. The van der Waals surface area contributed by atoms with E-state index < -0.39 is 0 Å². The SMILES string of the molecule is [3H]C(CC(C)CC(CC(C)CC(C)CC)NC(=O)OCC1c2ccccc2-c2ccccc21)C(C)C. The molecule has 0 aromatic heterocycles. The Kier molecular flexibility index (Phi) is 9.68. The first-order valence-electron chi connectivity index (χ1n) is 14.3. The van der Waals surface area contributed by atoms with E-state index in [0.717, 1.165) is 19.3 Å². The summed E-state index contributed by atoms with van der Waals surface area (Å²) in [5, 5.41) is 3.22. The van der Waals surface area contributed by atoms with Crippen LogP contribution in [0.3, 0.4) is 0 Å². The van der Waals surface area contributed by atoms with Crippen molar-refractivity contribution in [3.63, 3.8) is 0 Å². The first-order valence-corrected chi connectivity index (χ1v) is 13.7. The molecule has 1 aliphatic carbocycles. The smallest absolute Gasteiger partial charge is 0.407 e. The number of carbonyl (C=O) groups is 1. The molecule has 0 radical (unpaired) electrons. The summed E-state index contributed by atoms with van der Waals surface area (Å²) in [6, 6.07) is 16.9. The van der Waals surface area contributed by atoms with Crippen molar-refractivity contribution in [2.45, 2.75) is 92.0 Å². The highest BCUT2D eigenvalue weighted by atomic mass is 16.5. The molecule has 1 aliphatic rings. The molecule has 0 heterocycles. The highest BCUT2D eigenvalue weighted by molar-refractivity contribution is 5.79. The van der Waals surface area contributed by atoms with Crippen molar-refractivity contribution in [2.24, 2.45) is 23.7 Å². The molecule has 0 fully saturated rings. The lowest BCUT2D eigenvalue weighted by atomic mass is 9.86. The molecule has 5 atom stereocenters. The van der Waals surface area contributed by atoms with Crippen molar-refractivity contribution < 1.29 is 10.9 Å². The molecular formula is C32H47NO2. The van der Waals surface area contributed by atoms with Crippen molar-refractivity contribution in [3.05, 3.63) is 59.7 Å². The highest BCUT2D eigenvalue weighted by Gasteiger charge is 2.29. The Hall–Kier alpha value is -2.29.